The highest BCUT2D eigenvalue weighted by molar-refractivity contribution is 5.50. The summed E-state index contributed by atoms with van der Waals surface area (Å²) < 4.78 is 5.11. The molecule has 0 saturated heterocycles. The second kappa shape index (κ2) is 4.56. The third kappa shape index (κ3) is 2.13. The van der Waals surface area contributed by atoms with E-state index in [1.165, 1.54) is 6.42 Å². The fourth-order valence-electron chi connectivity index (χ4n) is 2.30. The van der Waals surface area contributed by atoms with Gasteiger partial charge in [0.25, 0.3) is 0 Å². The van der Waals surface area contributed by atoms with Crippen LogP contribution in [0.25, 0.3) is 0 Å². The maximum atomic E-state index is 9.98. The van der Waals surface area contributed by atoms with E-state index in [1.54, 1.807) is 5.57 Å². The molecule has 76 valence electrons. The predicted molar refractivity (Wildman–Crippen MR) is 54.9 cm³/mol. The Morgan fingerprint density at radius 1 is 1.50 bits per heavy atom. The van der Waals surface area contributed by atoms with Crippen LogP contribution in [0.4, 0.5) is 0 Å². The standard InChI is InChI=1S/C12H16O2/c13-5-7-14-6-1-2-11-8-10-3-4-12(11)9-10/h3-5,8,10,12H,1-2,6-7,9H2/t10-,12-/m1/s1. The maximum Gasteiger partial charge on any atom is 0.145 e. The van der Waals surface area contributed by atoms with Crippen LogP contribution in [0, 0.1) is 11.8 Å². The number of carbonyl (C=O) groups excluding carboxylic acids is 1. The molecule has 0 aliphatic heterocycles. The van der Waals surface area contributed by atoms with Crippen molar-refractivity contribution in [2.45, 2.75) is 19.3 Å². The summed E-state index contributed by atoms with van der Waals surface area (Å²) >= 11 is 0. The van der Waals surface area contributed by atoms with Gasteiger partial charge in [-0.2, -0.15) is 0 Å². The molecule has 0 N–H and O–H groups in total. The fraction of sp³-hybridized carbons (Fsp3) is 0.583. The first-order valence-corrected chi connectivity index (χ1v) is 5.30. The molecule has 0 spiro atoms. The molecule has 0 amide bonds. The molecule has 2 heteroatoms. The van der Waals surface area contributed by atoms with Gasteiger partial charge in [0.1, 0.15) is 12.9 Å². The van der Waals surface area contributed by atoms with Crippen LogP contribution in [-0.4, -0.2) is 19.5 Å². The van der Waals surface area contributed by atoms with Crippen molar-refractivity contribution in [2.24, 2.45) is 11.8 Å². The lowest BCUT2D eigenvalue weighted by Gasteiger charge is -2.09. The highest BCUT2D eigenvalue weighted by Gasteiger charge is 2.26. The summed E-state index contributed by atoms with van der Waals surface area (Å²) in [5, 5.41) is 0. The van der Waals surface area contributed by atoms with Crippen LogP contribution in [0.3, 0.4) is 0 Å². The summed E-state index contributed by atoms with van der Waals surface area (Å²) in [6, 6.07) is 0. The zero-order valence-corrected chi connectivity index (χ0v) is 8.32. The van der Waals surface area contributed by atoms with Gasteiger partial charge in [-0.3, -0.25) is 0 Å². The lowest BCUT2D eigenvalue weighted by Crippen LogP contribution is -2.00. The summed E-state index contributed by atoms with van der Waals surface area (Å²) in [5.41, 5.74) is 1.58. The van der Waals surface area contributed by atoms with Gasteiger partial charge in [0.2, 0.25) is 0 Å². The first-order chi connectivity index (χ1) is 6.90. The van der Waals surface area contributed by atoms with Crippen molar-refractivity contribution < 1.29 is 9.53 Å². The smallest absolute Gasteiger partial charge is 0.145 e. The number of fused-ring (bicyclic) bond motifs is 2. The van der Waals surface area contributed by atoms with Crippen molar-refractivity contribution in [2.75, 3.05) is 13.2 Å². The van der Waals surface area contributed by atoms with Crippen molar-refractivity contribution >= 4 is 6.29 Å². The number of allylic oxidation sites excluding steroid dienone is 4. The SMILES string of the molecule is O=CCOCCCC1=C[C@H]2C=C[C@@H]1C2. The van der Waals surface area contributed by atoms with Gasteiger partial charge >= 0.3 is 0 Å². The van der Waals surface area contributed by atoms with Crippen LogP contribution in [0.15, 0.2) is 23.8 Å². The van der Waals surface area contributed by atoms with Gasteiger partial charge in [0.05, 0.1) is 0 Å². The molecule has 0 aromatic carbocycles. The number of aldehydes is 1. The average Bonchev–Trinajstić information content (AvgIpc) is 2.79. The third-order valence-electron chi connectivity index (χ3n) is 2.96. The first-order valence-electron chi connectivity index (χ1n) is 5.30. The lowest BCUT2D eigenvalue weighted by molar-refractivity contribution is -0.111. The van der Waals surface area contributed by atoms with Crippen LogP contribution in [0.1, 0.15) is 19.3 Å². The topological polar surface area (TPSA) is 26.3 Å². The molecule has 14 heavy (non-hydrogen) atoms. The van der Waals surface area contributed by atoms with Crippen LogP contribution in [0.5, 0.6) is 0 Å². The number of hydrogen-bond donors (Lipinski definition) is 0. The van der Waals surface area contributed by atoms with Gasteiger partial charge in [0.15, 0.2) is 0 Å². The van der Waals surface area contributed by atoms with Crippen molar-refractivity contribution in [3.05, 3.63) is 23.8 Å². The first kappa shape index (κ1) is 9.66. The van der Waals surface area contributed by atoms with Crippen LogP contribution < -0.4 is 0 Å². The van der Waals surface area contributed by atoms with Crippen LogP contribution in [-0.2, 0) is 9.53 Å². The van der Waals surface area contributed by atoms with Gasteiger partial charge in [0, 0.05) is 6.61 Å². The molecule has 0 unspecified atom stereocenters. The van der Waals surface area contributed by atoms with Crippen molar-refractivity contribution in [1.29, 1.82) is 0 Å². The van der Waals surface area contributed by atoms with E-state index in [4.69, 9.17) is 4.74 Å². The van der Waals surface area contributed by atoms with Crippen LogP contribution in [0.2, 0.25) is 0 Å². The number of hydrogen-bond acceptors (Lipinski definition) is 2. The number of rotatable bonds is 6. The van der Waals surface area contributed by atoms with E-state index in [1.807, 2.05) is 0 Å². The summed E-state index contributed by atoms with van der Waals surface area (Å²) in [7, 11) is 0. The van der Waals surface area contributed by atoms with E-state index in [9.17, 15) is 4.79 Å². The molecule has 2 aliphatic rings. The molecule has 2 atom stereocenters. The zero-order chi connectivity index (χ0) is 9.80. The molecule has 2 bridgehead atoms. The quantitative estimate of drug-likeness (QED) is 0.366. The van der Waals surface area contributed by atoms with E-state index in [2.05, 4.69) is 18.2 Å². The molecule has 0 saturated carbocycles. The Balaban J connectivity index is 1.63. The highest BCUT2D eigenvalue weighted by atomic mass is 16.5. The highest BCUT2D eigenvalue weighted by Crippen LogP contribution is 2.39. The molecule has 2 rings (SSSR count). The zero-order valence-electron chi connectivity index (χ0n) is 8.32. The minimum absolute atomic E-state index is 0.241. The Morgan fingerprint density at radius 3 is 3.07 bits per heavy atom. The average molecular weight is 192 g/mol. The molecular formula is C12H16O2. The molecule has 2 nitrogen and oxygen atoms in total. The van der Waals surface area contributed by atoms with Crippen molar-refractivity contribution in [3.63, 3.8) is 0 Å². The van der Waals surface area contributed by atoms with Crippen LogP contribution >= 0.6 is 0 Å². The van der Waals surface area contributed by atoms with E-state index in [0.717, 1.165) is 19.1 Å². The van der Waals surface area contributed by atoms with E-state index in [-0.39, 0.29) is 6.61 Å². The molecule has 0 radical (unpaired) electrons. The van der Waals surface area contributed by atoms with E-state index in [0.29, 0.717) is 18.4 Å². The largest absolute Gasteiger partial charge is 0.374 e. The van der Waals surface area contributed by atoms with Crippen molar-refractivity contribution in [3.8, 4) is 0 Å². The van der Waals surface area contributed by atoms with Gasteiger partial charge < -0.3 is 9.53 Å². The monoisotopic (exact) mass is 192 g/mol. The normalized spacial score (nSPS) is 28.1. The fourth-order valence-corrected chi connectivity index (χ4v) is 2.30. The molecule has 0 aromatic rings. The minimum atomic E-state index is 0.241. The molecule has 0 fully saturated rings. The number of carbonyl (C=O) groups is 1. The van der Waals surface area contributed by atoms with E-state index >= 15 is 0 Å². The Morgan fingerprint density at radius 2 is 2.43 bits per heavy atom. The minimum Gasteiger partial charge on any atom is -0.374 e. The van der Waals surface area contributed by atoms with Gasteiger partial charge in [-0.25, -0.2) is 0 Å². The summed E-state index contributed by atoms with van der Waals surface area (Å²) in [6.07, 6.45) is 11.3. The van der Waals surface area contributed by atoms with Gasteiger partial charge in [-0.15, -0.1) is 0 Å². The summed E-state index contributed by atoms with van der Waals surface area (Å²) in [6.45, 7) is 0.947. The Hall–Kier alpha value is -0.890. The summed E-state index contributed by atoms with van der Waals surface area (Å²) in [5.74, 6) is 1.43. The molecular weight excluding hydrogens is 176 g/mol. The Kier molecular flexibility index (Phi) is 3.14. The molecule has 0 aromatic heterocycles. The summed E-state index contributed by atoms with van der Waals surface area (Å²) in [4.78, 5) is 9.98. The second-order valence-corrected chi connectivity index (χ2v) is 3.98. The van der Waals surface area contributed by atoms with E-state index < -0.39 is 0 Å². The predicted octanol–water partition coefficient (Wildman–Crippen LogP) is 2.11. The van der Waals surface area contributed by atoms with Crippen molar-refractivity contribution in [1.82, 2.24) is 0 Å². The molecule has 0 heterocycles. The second-order valence-electron chi connectivity index (χ2n) is 3.98. The Labute approximate surface area is 84.6 Å². The molecule has 2 aliphatic carbocycles. The third-order valence-corrected chi connectivity index (χ3v) is 2.96. The van der Waals surface area contributed by atoms with Gasteiger partial charge in [-0.1, -0.05) is 23.8 Å². The maximum absolute atomic E-state index is 9.98. The lowest BCUT2D eigenvalue weighted by atomic mass is 9.99. The Bertz CT molecular complexity index is 265. The number of ether oxygens (including phenoxy) is 1. The van der Waals surface area contributed by atoms with Gasteiger partial charge in [-0.05, 0) is 31.1 Å².